The number of amides is 1. The van der Waals surface area contributed by atoms with Gasteiger partial charge in [-0.1, -0.05) is 12.1 Å². The van der Waals surface area contributed by atoms with Crippen molar-refractivity contribution in [1.29, 1.82) is 0 Å². The first-order valence-corrected chi connectivity index (χ1v) is 8.60. The fourth-order valence-electron chi connectivity index (χ4n) is 3.73. The molecule has 2 aliphatic heterocycles. The third-order valence-electron chi connectivity index (χ3n) is 5.08. The van der Waals surface area contributed by atoms with Crippen molar-refractivity contribution in [3.8, 4) is 0 Å². The molecule has 6 nitrogen and oxygen atoms in total. The van der Waals surface area contributed by atoms with E-state index in [1.165, 1.54) is 12.1 Å². The van der Waals surface area contributed by atoms with E-state index < -0.39 is 11.9 Å². The Morgan fingerprint density at radius 1 is 1.12 bits per heavy atom. The lowest BCUT2D eigenvalue weighted by molar-refractivity contribution is -0.143. The van der Waals surface area contributed by atoms with Gasteiger partial charge < -0.3 is 14.9 Å². The lowest BCUT2D eigenvalue weighted by Gasteiger charge is -2.41. The minimum Gasteiger partial charge on any atom is -0.481 e. The van der Waals surface area contributed by atoms with Gasteiger partial charge in [-0.05, 0) is 24.7 Å². The summed E-state index contributed by atoms with van der Waals surface area (Å²) in [7, 11) is 1.93. The SMILES string of the molecule is CN1C[C@H](C(=O)O)CN2CCN(C(=O)Cc3ccc(F)cc3)C[C@@H]2C1. The van der Waals surface area contributed by atoms with Crippen LogP contribution in [0.15, 0.2) is 24.3 Å². The van der Waals surface area contributed by atoms with Gasteiger partial charge in [0.25, 0.3) is 0 Å². The normalized spacial score (nSPS) is 25.3. The van der Waals surface area contributed by atoms with Crippen molar-refractivity contribution in [2.45, 2.75) is 12.5 Å². The lowest BCUT2D eigenvalue weighted by atomic mass is 10.1. The minimum absolute atomic E-state index is 0.0351. The molecule has 136 valence electrons. The van der Waals surface area contributed by atoms with Crippen LogP contribution in [0.25, 0.3) is 0 Å². The molecule has 2 fully saturated rings. The maximum Gasteiger partial charge on any atom is 0.309 e. The van der Waals surface area contributed by atoms with Gasteiger partial charge in [-0.25, -0.2) is 4.39 Å². The van der Waals surface area contributed by atoms with Crippen LogP contribution in [0.2, 0.25) is 0 Å². The fourth-order valence-corrected chi connectivity index (χ4v) is 3.73. The number of carboxylic acid groups (broad SMARTS) is 1. The number of hydrogen-bond donors (Lipinski definition) is 1. The Morgan fingerprint density at radius 3 is 2.52 bits per heavy atom. The van der Waals surface area contributed by atoms with E-state index in [1.54, 1.807) is 12.1 Å². The summed E-state index contributed by atoms with van der Waals surface area (Å²) in [6, 6.07) is 6.17. The summed E-state index contributed by atoms with van der Waals surface area (Å²) in [6.07, 6.45) is 0.264. The third kappa shape index (κ3) is 4.35. The Balaban J connectivity index is 1.62. The van der Waals surface area contributed by atoms with Crippen molar-refractivity contribution < 1.29 is 19.1 Å². The number of carboxylic acids is 1. The van der Waals surface area contributed by atoms with Gasteiger partial charge >= 0.3 is 5.97 Å². The molecule has 2 saturated heterocycles. The standard InChI is InChI=1S/C18H24FN3O3/c1-20-9-14(18(24)25)10-21-6-7-22(12-16(21)11-20)17(23)8-13-2-4-15(19)5-3-13/h2-5,14,16H,6-12H2,1H3,(H,24,25)/t14-,16-/m0/s1. The number of carbonyl (C=O) groups excluding carboxylic acids is 1. The van der Waals surface area contributed by atoms with Crippen molar-refractivity contribution in [3.63, 3.8) is 0 Å². The molecule has 0 bridgehead atoms. The molecule has 2 heterocycles. The second-order valence-corrected chi connectivity index (χ2v) is 7.05. The van der Waals surface area contributed by atoms with Crippen molar-refractivity contribution in [3.05, 3.63) is 35.6 Å². The zero-order chi connectivity index (χ0) is 18.0. The van der Waals surface area contributed by atoms with Gasteiger partial charge in [-0.3, -0.25) is 14.5 Å². The molecule has 2 atom stereocenters. The number of nitrogens with zero attached hydrogens (tertiary/aromatic N) is 3. The van der Waals surface area contributed by atoms with E-state index in [0.717, 1.165) is 12.1 Å². The van der Waals surface area contributed by atoms with Crippen LogP contribution in [0.4, 0.5) is 4.39 Å². The Bertz CT molecular complexity index is 637. The largest absolute Gasteiger partial charge is 0.481 e. The van der Waals surface area contributed by atoms with E-state index in [1.807, 2.05) is 16.8 Å². The quantitative estimate of drug-likeness (QED) is 0.862. The second kappa shape index (κ2) is 7.49. The summed E-state index contributed by atoms with van der Waals surface area (Å²) in [5.41, 5.74) is 0.803. The highest BCUT2D eigenvalue weighted by Crippen LogP contribution is 2.19. The number of fused-ring (bicyclic) bond motifs is 1. The van der Waals surface area contributed by atoms with Crippen molar-refractivity contribution in [2.75, 3.05) is 46.3 Å². The molecule has 0 radical (unpaired) electrons. The average Bonchev–Trinajstić information content (AvgIpc) is 2.74. The van der Waals surface area contributed by atoms with Gasteiger partial charge in [-0.15, -0.1) is 0 Å². The van der Waals surface area contributed by atoms with E-state index in [2.05, 4.69) is 4.90 Å². The molecule has 0 unspecified atom stereocenters. The highest BCUT2D eigenvalue weighted by atomic mass is 19.1. The van der Waals surface area contributed by atoms with Crippen LogP contribution in [-0.2, 0) is 16.0 Å². The molecule has 1 aromatic carbocycles. The molecular weight excluding hydrogens is 325 g/mol. The monoisotopic (exact) mass is 349 g/mol. The number of piperazine rings is 1. The molecule has 0 saturated carbocycles. The Kier molecular flexibility index (Phi) is 5.34. The summed E-state index contributed by atoms with van der Waals surface area (Å²) in [5.74, 6) is -1.42. The molecule has 7 heteroatoms. The number of rotatable bonds is 3. The lowest BCUT2D eigenvalue weighted by Crippen LogP contribution is -2.57. The summed E-state index contributed by atoms with van der Waals surface area (Å²) in [4.78, 5) is 30.0. The molecular formula is C18H24FN3O3. The van der Waals surface area contributed by atoms with E-state index in [-0.39, 0.29) is 24.2 Å². The van der Waals surface area contributed by atoms with Gasteiger partial charge in [0.15, 0.2) is 0 Å². The molecule has 3 rings (SSSR count). The molecule has 2 aliphatic rings. The van der Waals surface area contributed by atoms with E-state index in [0.29, 0.717) is 32.7 Å². The van der Waals surface area contributed by atoms with Crippen molar-refractivity contribution in [1.82, 2.24) is 14.7 Å². The van der Waals surface area contributed by atoms with Crippen LogP contribution in [0.3, 0.4) is 0 Å². The van der Waals surface area contributed by atoms with Crippen LogP contribution >= 0.6 is 0 Å². The first-order valence-electron chi connectivity index (χ1n) is 8.60. The summed E-state index contributed by atoms with van der Waals surface area (Å²) in [5, 5.41) is 9.35. The fraction of sp³-hybridized carbons (Fsp3) is 0.556. The maximum atomic E-state index is 13.0. The summed E-state index contributed by atoms with van der Waals surface area (Å²) >= 11 is 0. The predicted molar refractivity (Wildman–Crippen MR) is 90.7 cm³/mol. The Morgan fingerprint density at radius 2 is 1.84 bits per heavy atom. The van der Waals surface area contributed by atoms with Crippen LogP contribution < -0.4 is 0 Å². The summed E-state index contributed by atoms with van der Waals surface area (Å²) < 4.78 is 13.0. The first kappa shape index (κ1) is 17.8. The Hall–Kier alpha value is -1.99. The first-order chi connectivity index (χ1) is 11.9. The molecule has 0 aromatic heterocycles. The zero-order valence-corrected chi connectivity index (χ0v) is 14.4. The van der Waals surface area contributed by atoms with Crippen molar-refractivity contribution in [2.24, 2.45) is 5.92 Å². The molecule has 0 spiro atoms. The van der Waals surface area contributed by atoms with Crippen LogP contribution in [0.5, 0.6) is 0 Å². The molecule has 1 aromatic rings. The molecule has 1 amide bonds. The van der Waals surface area contributed by atoms with E-state index in [4.69, 9.17) is 0 Å². The number of carbonyl (C=O) groups is 2. The van der Waals surface area contributed by atoms with Crippen LogP contribution in [0.1, 0.15) is 5.56 Å². The highest BCUT2D eigenvalue weighted by molar-refractivity contribution is 5.79. The average molecular weight is 349 g/mol. The van der Waals surface area contributed by atoms with Gasteiger partial charge in [0.1, 0.15) is 5.82 Å². The van der Waals surface area contributed by atoms with Gasteiger partial charge in [0.05, 0.1) is 12.3 Å². The second-order valence-electron chi connectivity index (χ2n) is 7.05. The highest BCUT2D eigenvalue weighted by Gasteiger charge is 2.36. The van der Waals surface area contributed by atoms with Gasteiger partial charge in [-0.2, -0.15) is 0 Å². The smallest absolute Gasteiger partial charge is 0.309 e. The summed E-state index contributed by atoms with van der Waals surface area (Å²) in [6.45, 7) is 3.72. The van der Waals surface area contributed by atoms with Crippen LogP contribution in [0, 0.1) is 11.7 Å². The topological polar surface area (TPSA) is 64.1 Å². The number of benzene rings is 1. The molecule has 1 N–H and O–H groups in total. The van der Waals surface area contributed by atoms with Gasteiger partial charge in [0.2, 0.25) is 5.91 Å². The van der Waals surface area contributed by atoms with Crippen molar-refractivity contribution >= 4 is 11.9 Å². The third-order valence-corrected chi connectivity index (χ3v) is 5.08. The predicted octanol–water partition coefficient (Wildman–Crippen LogP) is 0.527. The number of halogens is 1. The van der Waals surface area contributed by atoms with E-state index in [9.17, 15) is 19.1 Å². The molecule has 0 aliphatic carbocycles. The van der Waals surface area contributed by atoms with Crippen LogP contribution in [-0.4, -0.2) is 84.0 Å². The Labute approximate surface area is 146 Å². The van der Waals surface area contributed by atoms with E-state index >= 15 is 0 Å². The molecule has 25 heavy (non-hydrogen) atoms. The van der Waals surface area contributed by atoms with Gasteiger partial charge in [0, 0.05) is 45.3 Å². The number of aliphatic carboxylic acids is 1. The number of hydrogen-bond acceptors (Lipinski definition) is 4. The zero-order valence-electron chi connectivity index (χ0n) is 14.4. The maximum absolute atomic E-state index is 13.0. The number of likely N-dealkylation sites (N-methyl/N-ethyl adjacent to an activating group) is 1. The minimum atomic E-state index is -0.762.